The SMILES string of the molecule is CCN.c1ccc2c(c1)c1ccccc1c1ccccc21. The van der Waals surface area contributed by atoms with E-state index >= 15 is 0 Å². The summed E-state index contributed by atoms with van der Waals surface area (Å²) in [6, 6.07) is 26.0. The molecule has 4 aromatic rings. The van der Waals surface area contributed by atoms with Crippen molar-refractivity contribution in [2.75, 3.05) is 6.54 Å². The van der Waals surface area contributed by atoms with Gasteiger partial charge in [-0.05, 0) is 38.9 Å². The molecule has 0 saturated heterocycles. The first-order valence-electron chi connectivity index (χ1n) is 7.35. The number of fused-ring (bicyclic) bond motifs is 6. The van der Waals surface area contributed by atoms with E-state index < -0.39 is 0 Å². The van der Waals surface area contributed by atoms with Crippen molar-refractivity contribution < 1.29 is 0 Å². The third-order valence-corrected chi connectivity index (χ3v) is 3.65. The summed E-state index contributed by atoms with van der Waals surface area (Å²) >= 11 is 0. The summed E-state index contributed by atoms with van der Waals surface area (Å²) in [5.74, 6) is 0. The minimum atomic E-state index is 0.750. The summed E-state index contributed by atoms with van der Waals surface area (Å²) < 4.78 is 0. The van der Waals surface area contributed by atoms with E-state index in [9.17, 15) is 0 Å². The van der Waals surface area contributed by atoms with E-state index in [1.165, 1.54) is 32.3 Å². The first-order valence-corrected chi connectivity index (χ1v) is 7.35. The van der Waals surface area contributed by atoms with Crippen LogP contribution in [0.5, 0.6) is 0 Å². The minimum absolute atomic E-state index is 0.750. The lowest BCUT2D eigenvalue weighted by Crippen LogP contribution is -1.87. The van der Waals surface area contributed by atoms with Gasteiger partial charge in [0.05, 0.1) is 0 Å². The molecule has 4 rings (SSSR count). The molecule has 1 nitrogen and oxygen atoms in total. The molecule has 104 valence electrons. The zero-order valence-corrected chi connectivity index (χ0v) is 12.2. The molecule has 0 heterocycles. The van der Waals surface area contributed by atoms with Crippen LogP contribution >= 0.6 is 0 Å². The molecule has 0 aromatic heterocycles. The van der Waals surface area contributed by atoms with Crippen molar-refractivity contribution in [3.63, 3.8) is 0 Å². The molecule has 21 heavy (non-hydrogen) atoms. The molecule has 0 aliphatic rings. The first-order chi connectivity index (χ1) is 10.4. The summed E-state index contributed by atoms with van der Waals surface area (Å²) in [7, 11) is 0. The Morgan fingerprint density at radius 2 is 0.667 bits per heavy atom. The summed E-state index contributed by atoms with van der Waals surface area (Å²) in [4.78, 5) is 0. The Morgan fingerprint density at radius 3 is 0.810 bits per heavy atom. The van der Waals surface area contributed by atoms with Crippen molar-refractivity contribution in [2.24, 2.45) is 5.73 Å². The maximum atomic E-state index is 4.85. The van der Waals surface area contributed by atoms with E-state index in [-0.39, 0.29) is 0 Å². The topological polar surface area (TPSA) is 26.0 Å². The van der Waals surface area contributed by atoms with Crippen LogP contribution in [0.2, 0.25) is 0 Å². The Hall–Kier alpha value is -2.38. The molecule has 4 aromatic carbocycles. The molecular weight excluding hydrogens is 254 g/mol. The van der Waals surface area contributed by atoms with Gasteiger partial charge in [-0.25, -0.2) is 0 Å². The van der Waals surface area contributed by atoms with E-state index in [1.807, 2.05) is 6.92 Å². The standard InChI is InChI=1S/C18H12.C2H7N/c1-2-8-14-13(7-1)15-9-3-4-11-17(15)18-12-6-5-10-16(14)18;1-2-3/h1-12H;2-3H2,1H3. The number of hydrogen-bond donors (Lipinski definition) is 1. The van der Waals surface area contributed by atoms with Crippen molar-refractivity contribution >= 4 is 32.3 Å². The highest BCUT2D eigenvalue weighted by Crippen LogP contribution is 2.34. The number of rotatable bonds is 0. The molecule has 0 fully saturated rings. The van der Waals surface area contributed by atoms with E-state index in [4.69, 9.17) is 5.73 Å². The second kappa shape index (κ2) is 5.94. The second-order valence-electron chi connectivity index (χ2n) is 5.04. The van der Waals surface area contributed by atoms with Crippen molar-refractivity contribution in [3.8, 4) is 0 Å². The maximum Gasteiger partial charge on any atom is -0.00990 e. The number of benzene rings is 4. The van der Waals surface area contributed by atoms with E-state index in [0.717, 1.165) is 6.54 Å². The highest BCUT2D eigenvalue weighted by atomic mass is 14.5. The summed E-state index contributed by atoms with van der Waals surface area (Å²) in [6.45, 7) is 2.65. The van der Waals surface area contributed by atoms with Crippen LogP contribution in [-0.2, 0) is 0 Å². The normalized spacial score (nSPS) is 10.6. The Morgan fingerprint density at radius 1 is 0.524 bits per heavy atom. The fourth-order valence-corrected chi connectivity index (χ4v) is 2.86. The smallest absolute Gasteiger partial charge is 0.00990 e. The van der Waals surface area contributed by atoms with Crippen LogP contribution in [0.15, 0.2) is 72.8 Å². The van der Waals surface area contributed by atoms with Crippen LogP contribution in [0.3, 0.4) is 0 Å². The molecule has 0 spiro atoms. The predicted octanol–water partition coefficient (Wildman–Crippen LogP) is 5.11. The highest BCUT2D eigenvalue weighted by molar-refractivity contribution is 6.25. The average molecular weight is 273 g/mol. The average Bonchev–Trinajstić information content (AvgIpc) is 2.56. The van der Waals surface area contributed by atoms with Gasteiger partial charge in [0.2, 0.25) is 0 Å². The van der Waals surface area contributed by atoms with Gasteiger partial charge in [-0.15, -0.1) is 0 Å². The Labute approximate surface area is 125 Å². The van der Waals surface area contributed by atoms with Crippen LogP contribution in [0, 0.1) is 0 Å². The van der Waals surface area contributed by atoms with E-state index in [2.05, 4.69) is 72.8 Å². The van der Waals surface area contributed by atoms with Gasteiger partial charge in [-0.3, -0.25) is 0 Å². The third-order valence-electron chi connectivity index (χ3n) is 3.65. The number of nitrogens with two attached hydrogens (primary N) is 1. The van der Waals surface area contributed by atoms with Crippen molar-refractivity contribution in [1.29, 1.82) is 0 Å². The summed E-state index contributed by atoms with van der Waals surface area (Å²) in [5, 5.41) is 8.04. The highest BCUT2D eigenvalue weighted by Gasteiger charge is 2.06. The largest absolute Gasteiger partial charge is 0.331 e. The van der Waals surface area contributed by atoms with Crippen molar-refractivity contribution in [1.82, 2.24) is 0 Å². The lowest BCUT2D eigenvalue weighted by atomic mass is 9.95. The molecule has 0 unspecified atom stereocenters. The maximum absolute atomic E-state index is 4.85. The van der Waals surface area contributed by atoms with Crippen LogP contribution in [0.4, 0.5) is 0 Å². The van der Waals surface area contributed by atoms with Gasteiger partial charge in [-0.1, -0.05) is 79.7 Å². The lowest BCUT2D eigenvalue weighted by molar-refractivity contribution is 1.14. The molecule has 2 N–H and O–H groups in total. The predicted molar refractivity (Wildman–Crippen MR) is 93.7 cm³/mol. The number of hydrogen-bond acceptors (Lipinski definition) is 1. The van der Waals surface area contributed by atoms with Gasteiger partial charge in [0, 0.05) is 0 Å². The van der Waals surface area contributed by atoms with Gasteiger partial charge in [-0.2, -0.15) is 0 Å². The fourth-order valence-electron chi connectivity index (χ4n) is 2.86. The molecule has 0 saturated carbocycles. The molecule has 0 atom stereocenters. The van der Waals surface area contributed by atoms with Crippen LogP contribution in [0.1, 0.15) is 6.92 Å². The van der Waals surface area contributed by atoms with Gasteiger partial charge in [0.25, 0.3) is 0 Å². The molecule has 0 aliphatic heterocycles. The Bertz CT molecular complexity index is 673. The molecule has 0 bridgehead atoms. The van der Waals surface area contributed by atoms with Crippen molar-refractivity contribution in [3.05, 3.63) is 72.8 Å². The van der Waals surface area contributed by atoms with Gasteiger partial charge in [0.1, 0.15) is 0 Å². The monoisotopic (exact) mass is 273 g/mol. The Kier molecular flexibility index (Phi) is 3.85. The fraction of sp³-hybridized carbons (Fsp3) is 0.100. The van der Waals surface area contributed by atoms with Crippen LogP contribution in [0.25, 0.3) is 32.3 Å². The van der Waals surface area contributed by atoms with Gasteiger partial charge in [0.15, 0.2) is 0 Å². The molecule has 0 aliphatic carbocycles. The molecule has 0 amide bonds. The lowest BCUT2D eigenvalue weighted by Gasteiger charge is -2.09. The minimum Gasteiger partial charge on any atom is -0.331 e. The zero-order chi connectivity index (χ0) is 14.7. The molecule has 0 radical (unpaired) electrons. The second-order valence-corrected chi connectivity index (χ2v) is 5.04. The molecule has 1 heteroatoms. The van der Waals surface area contributed by atoms with Crippen molar-refractivity contribution in [2.45, 2.75) is 6.92 Å². The van der Waals surface area contributed by atoms with E-state index in [1.54, 1.807) is 0 Å². The third kappa shape index (κ3) is 2.37. The summed E-state index contributed by atoms with van der Waals surface area (Å²) in [6.07, 6.45) is 0. The van der Waals surface area contributed by atoms with Gasteiger partial charge >= 0.3 is 0 Å². The Balaban J connectivity index is 0.000000409. The quantitative estimate of drug-likeness (QED) is 0.443. The van der Waals surface area contributed by atoms with Crippen LogP contribution in [-0.4, -0.2) is 6.54 Å². The van der Waals surface area contributed by atoms with Gasteiger partial charge < -0.3 is 5.73 Å². The first kappa shape index (κ1) is 13.6. The summed E-state index contributed by atoms with van der Waals surface area (Å²) in [5.41, 5.74) is 4.85. The van der Waals surface area contributed by atoms with Crippen LogP contribution < -0.4 is 5.73 Å². The zero-order valence-electron chi connectivity index (χ0n) is 12.2. The van der Waals surface area contributed by atoms with E-state index in [0.29, 0.717) is 0 Å². The molecular formula is C20H19N.